The van der Waals surface area contributed by atoms with E-state index in [1.165, 1.54) is 6.42 Å². The molecule has 0 spiro atoms. The van der Waals surface area contributed by atoms with Crippen LogP contribution in [-0.4, -0.2) is 18.5 Å². The van der Waals surface area contributed by atoms with Crippen LogP contribution in [0.25, 0.3) is 0 Å². The molecule has 2 aromatic carbocycles. The molecule has 3 N–H and O–H groups in total. The third-order valence-electron chi connectivity index (χ3n) is 4.60. The molecule has 0 bridgehead atoms. The summed E-state index contributed by atoms with van der Waals surface area (Å²) in [6, 6.07) is 10.9. The van der Waals surface area contributed by atoms with Gasteiger partial charge in [0, 0.05) is 12.6 Å². The normalized spacial score (nSPS) is 17.4. The Morgan fingerprint density at radius 1 is 1.20 bits per heavy atom. The van der Waals surface area contributed by atoms with E-state index in [9.17, 15) is 4.79 Å². The number of anilines is 3. The Kier molecular flexibility index (Phi) is 5.40. The van der Waals surface area contributed by atoms with Gasteiger partial charge >= 0.3 is 0 Å². The second-order valence-corrected chi connectivity index (χ2v) is 7.18. The SMILES string of the molecule is CC1CCCCN1c1cc(NC(=O)c2ccccc2Cl)c(Cl)cc1N. The van der Waals surface area contributed by atoms with Crippen LogP contribution in [0, 0.1) is 0 Å². The molecule has 0 radical (unpaired) electrons. The third kappa shape index (κ3) is 3.86. The summed E-state index contributed by atoms with van der Waals surface area (Å²) in [5.74, 6) is -0.296. The fraction of sp³-hybridized carbons (Fsp3) is 0.316. The van der Waals surface area contributed by atoms with Gasteiger partial charge in [0.25, 0.3) is 5.91 Å². The van der Waals surface area contributed by atoms with Crippen LogP contribution < -0.4 is 16.0 Å². The number of hydrogen-bond donors (Lipinski definition) is 2. The van der Waals surface area contributed by atoms with Crippen molar-refractivity contribution in [2.24, 2.45) is 0 Å². The molecule has 132 valence electrons. The van der Waals surface area contributed by atoms with E-state index < -0.39 is 0 Å². The standard InChI is InChI=1S/C19H21Cl2N3O/c1-12-6-4-5-9-24(12)18-11-17(15(21)10-16(18)22)23-19(25)13-7-2-3-8-14(13)20/h2-3,7-8,10-12H,4-6,9,22H2,1H3,(H,23,25). The van der Waals surface area contributed by atoms with Gasteiger partial charge in [-0.3, -0.25) is 4.79 Å². The van der Waals surface area contributed by atoms with Gasteiger partial charge in [-0.25, -0.2) is 0 Å². The zero-order chi connectivity index (χ0) is 18.0. The Bertz CT molecular complexity index is 794. The highest BCUT2D eigenvalue weighted by Gasteiger charge is 2.22. The molecule has 1 saturated heterocycles. The summed E-state index contributed by atoms with van der Waals surface area (Å²) >= 11 is 12.4. The number of carbonyl (C=O) groups excluding carboxylic acids is 1. The van der Waals surface area contributed by atoms with Crippen LogP contribution >= 0.6 is 23.2 Å². The first-order valence-corrected chi connectivity index (χ1v) is 9.14. The summed E-state index contributed by atoms with van der Waals surface area (Å²) in [6.07, 6.45) is 3.48. The monoisotopic (exact) mass is 377 g/mol. The number of nitrogen functional groups attached to an aromatic ring is 1. The van der Waals surface area contributed by atoms with E-state index in [2.05, 4.69) is 17.1 Å². The Morgan fingerprint density at radius 3 is 2.68 bits per heavy atom. The molecule has 1 amide bonds. The molecule has 1 fully saturated rings. The van der Waals surface area contributed by atoms with Crippen molar-refractivity contribution < 1.29 is 4.79 Å². The van der Waals surface area contributed by atoms with Crippen molar-refractivity contribution in [1.82, 2.24) is 0 Å². The second kappa shape index (κ2) is 7.54. The number of nitrogens with two attached hydrogens (primary N) is 1. The molecule has 4 nitrogen and oxygen atoms in total. The number of benzene rings is 2. The largest absolute Gasteiger partial charge is 0.397 e. The number of rotatable bonds is 3. The number of piperidine rings is 1. The average Bonchev–Trinajstić information content (AvgIpc) is 2.58. The van der Waals surface area contributed by atoms with Crippen LogP contribution in [0.1, 0.15) is 36.5 Å². The topological polar surface area (TPSA) is 58.4 Å². The Morgan fingerprint density at radius 2 is 1.96 bits per heavy atom. The van der Waals surface area contributed by atoms with Crippen molar-refractivity contribution >= 4 is 46.2 Å². The molecule has 3 rings (SSSR count). The maximum Gasteiger partial charge on any atom is 0.257 e. The van der Waals surface area contributed by atoms with Gasteiger partial charge < -0.3 is 16.0 Å². The lowest BCUT2D eigenvalue weighted by Gasteiger charge is -2.36. The molecular formula is C19H21Cl2N3O. The molecule has 0 saturated carbocycles. The predicted molar refractivity (Wildman–Crippen MR) is 106 cm³/mol. The summed E-state index contributed by atoms with van der Waals surface area (Å²) in [5.41, 5.74) is 8.66. The van der Waals surface area contributed by atoms with Gasteiger partial charge in [0.1, 0.15) is 0 Å². The lowest BCUT2D eigenvalue weighted by Crippen LogP contribution is -2.37. The van der Waals surface area contributed by atoms with Crippen LogP contribution in [0.4, 0.5) is 17.1 Å². The second-order valence-electron chi connectivity index (χ2n) is 6.36. The molecular weight excluding hydrogens is 357 g/mol. The molecule has 1 unspecified atom stereocenters. The number of halogens is 2. The van der Waals surface area contributed by atoms with Crippen molar-refractivity contribution in [2.75, 3.05) is 22.5 Å². The van der Waals surface area contributed by atoms with E-state index >= 15 is 0 Å². The minimum absolute atomic E-state index is 0.296. The van der Waals surface area contributed by atoms with E-state index in [0.717, 1.165) is 25.1 Å². The number of nitrogens with one attached hydrogen (secondary N) is 1. The summed E-state index contributed by atoms with van der Waals surface area (Å²) in [6.45, 7) is 3.14. The van der Waals surface area contributed by atoms with Crippen molar-refractivity contribution in [3.8, 4) is 0 Å². The zero-order valence-electron chi connectivity index (χ0n) is 14.1. The Hall–Kier alpha value is -1.91. The summed E-state index contributed by atoms with van der Waals surface area (Å²) in [7, 11) is 0. The summed E-state index contributed by atoms with van der Waals surface area (Å²) in [5, 5.41) is 3.66. The molecule has 0 aliphatic carbocycles. The molecule has 1 atom stereocenters. The molecule has 2 aromatic rings. The lowest BCUT2D eigenvalue weighted by molar-refractivity contribution is 0.102. The van der Waals surface area contributed by atoms with Crippen molar-refractivity contribution in [3.63, 3.8) is 0 Å². The number of carbonyl (C=O) groups is 1. The highest BCUT2D eigenvalue weighted by Crippen LogP contribution is 2.36. The molecule has 6 heteroatoms. The molecule has 1 aliphatic rings. The molecule has 1 heterocycles. The lowest BCUT2D eigenvalue weighted by atomic mass is 10.0. The first kappa shape index (κ1) is 17.9. The van der Waals surface area contributed by atoms with Crippen LogP contribution in [0.5, 0.6) is 0 Å². The minimum Gasteiger partial charge on any atom is -0.397 e. The van der Waals surface area contributed by atoms with E-state index in [4.69, 9.17) is 28.9 Å². The smallest absolute Gasteiger partial charge is 0.257 e. The van der Waals surface area contributed by atoms with Crippen LogP contribution in [0.15, 0.2) is 36.4 Å². The van der Waals surface area contributed by atoms with Crippen molar-refractivity contribution in [1.29, 1.82) is 0 Å². The zero-order valence-corrected chi connectivity index (χ0v) is 15.6. The average molecular weight is 378 g/mol. The van der Waals surface area contributed by atoms with E-state index in [1.54, 1.807) is 30.3 Å². The minimum atomic E-state index is -0.296. The quantitative estimate of drug-likeness (QED) is 0.721. The maximum atomic E-state index is 12.5. The van der Waals surface area contributed by atoms with E-state index in [-0.39, 0.29) is 5.91 Å². The van der Waals surface area contributed by atoms with Gasteiger partial charge in [-0.1, -0.05) is 35.3 Å². The van der Waals surface area contributed by atoms with Gasteiger partial charge in [0.05, 0.1) is 32.7 Å². The van der Waals surface area contributed by atoms with Crippen LogP contribution in [0.2, 0.25) is 10.0 Å². The summed E-state index contributed by atoms with van der Waals surface area (Å²) < 4.78 is 0. The van der Waals surface area contributed by atoms with E-state index in [0.29, 0.717) is 33.0 Å². The van der Waals surface area contributed by atoms with Gasteiger partial charge in [-0.15, -0.1) is 0 Å². The van der Waals surface area contributed by atoms with Crippen molar-refractivity contribution in [2.45, 2.75) is 32.2 Å². The fourth-order valence-corrected chi connectivity index (χ4v) is 3.65. The molecule has 0 aromatic heterocycles. The van der Waals surface area contributed by atoms with Crippen LogP contribution in [0.3, 0.4) is 0 Å². The number of hydrogen-bond acceptors (Lipinski definition) is 3. The van der Waals surface area contributed by atoms with Crippen molar-refractivity contribution in [3.05, 3.63) is 52.0 Å². The third-order valence-corrected chi connectivity index (χ3v) is 5.24. The summed E-state index contributed by atoms with van der Waals surface area (Å²) in [4.78, 5) is 14.8. The Labute approximate surface area is 157 Å². The first-order chi connectivity index (χ1) is 12.0. The molecule has 25 heavy (non-hydrogen) atoms. The maximum absolute atomic E-state index is 12.5. The van der Waals surface area contributed by atoms with Gasteiger partial charge in [-0.05, 0) is 50.5 Å². The van der Waals surface area contributed by atoms with Crippen LogP contribution in [-0.2, 0) is 0 Å². The highest BCUT2D eigenvalue weighted by molar-refractivity contribution is 6.36. The van der Waals surface area contributed by atoms with E-state index in [1.807, 2.05) is 6.07 Å². The predicted octanol–water partition coefficient (Wildman–Crippen LogP) is 5.21. The molecule has 1 aliphatic heterocycles. The first-order valence-electron chi connectivity index (χ1n) is 8.39. The van der Waals surface area contributed by atoms with Gasteiger partial charge in [0.2, 0.25) is 0 Å². The van der Waals surface area contributed by atoms with Gasteiger partial charge in [-0.2, -0.15) is 0 Å². The number of amides is 1. The Balaban J connectivity index is 1.90. The van der Waals surface area contributed by atoms with Gasteiger partial charge in [0.15, 0.2) is 0 Å². The number of nitrogens with zero attached hydrogens (tertiary/aromatic N) is 1. The highest BCUT2D eigenvalue weighted by atomic mass is 35.5. The fourth-order valence-electron chi connectivity index (χ4n) is 3.21.